The van der Waals surface area contributed by atoms with Crippen LogP contribution in [0.25, 0.3) is 0 Å². The van der Waals surface area contributed by atoms with Gasteiger partial charge in [0.25, 0.3) is 0 Å². The van der Waals surface area contributed by atoms with E-state index in [0.29, 0.717) is 18.6 Å². The summed E-state index contributed by atoms with van der Waals surface area (Å²) in [5, 5.41) is 10.0. The second-order valence-corrected chi connectivity index (χ2v) is 5.55. The van der Waals surface area contributed by atoms with Crippen molar-refractivity contribution in [1.82, 2.24) is 0 Å². The van der Waals surface area contributed by atoms with Crippen LogP contribution in [-0.4, -0.2) is 37.0 Å². The summed E-state index contributed by atoms with van der Waals surface area (Å²) in [5.74, 6) is 0.421. The van der Waals surface area contributed by atoms with Crippen LogP contribution in [0.2, 0.25) is 0 Å². The second-order valence-electron chi connectivity index (χ2n) is 4.57. The maximum absolute atomic E-state index is 11.2. The molecule has 0 amide bonds. The van der Waals surface area contributed by atoms with Gasteiger partial charge >= 0.3 is 11.9 Å². The summed E-state index contributed by atoms with van der Waals surface area (Å²) in [6.07, 6.45) is 0.859. The van der Waals surface area contributed by atoms with E-state index in [9.17, 15) is 14.7 Å². The predicted octanol–water partition coefficient (Wildman–Crippen LogP) is 2.21. The minimum absolute atomic E-state index is 0.231. The maximum atomic E-state index is 11.2. The third-order valence-corrected chi connectivity index (χ3v) is 3.94. The molecule has 0 fully saturated rings. The van der Waals surface area contributed by atoms with Crippen molar-refractivity contribution in [2.24, 2.45) is 0 Å². The average molecular weight is 312 g/mol. The van der Waals surface area contributed by atoms with Crippen LogP contribution in [0.3, 0.4) is 0 Å². The highest BCUT2D eigenvalue weighted by Crippen LogP contribution is 2.28. The molecule has 1 rings (SSSR count). The Balaban J connectivity index is 2.71. The zero-order valence-electron chi connectivity index (χ0n) is 12.5. The van der Waals surface area contributed by atoms with E-state index in [0.717, 1.165) is 16.7 Å². The summed E-state index contributed by atoms with van der Waals surface area (Å²) < 4.78 is 9.19. The topological polar surface area (TPSA) is 72.8 Å². The Morgan fingerprint density at radius 1 is 1.19 bits per heavy atom. The number of esters is 2. The lowest BCUT2D eigenvalue weighted by Crippen LogP contribution is -2.04. The fourth-order valence-corrected chi connectivity index (χ4v) is 2.67. The van der Waals surface area contributed by atoms with E-state index in [4.69, 9.17) is 0 Å². The number of hydrogen-bond donors (Lipinski definition) is 1. The van der Waals surface area contributed by atoms with Crippen molar-refractivity contribution < 1.29 is 24.2 Å². The minimum atomic E-state index is -0.293. The van der Waals surface area contributed by atoms with Crippen LogP contribution in [0.5, 0.6) is 5.75 Å². The third kappa shape index (κ3) is 5.67. The summed E-state index contributed by atoms with van der Waals surface area (Å²) in [6, 6.07) is 3.71. The monoisotopic (exact) mass is 312 g/mol. The SMILES string of the molecule is COC(=O)CCc1cc(C)c(O)c(CSCC(=O)OC)c1. The van der Waals surface area contributed by atoms with Crippen LogP contribution >= 0.6 is 11.8 Å². The lowest BCUT2D eigenvalue weighted by molar-refractivity contribution is -0.140. The molecule has 6 heteroatoms. The van der Waals surface area contributed by atoms with Gasteiger partial charge in [0.05, 0.1) is 20.0 Å². The molecule has 0 saturated carbocycles. The van der Waals surface area contributed by atoms with E-state index in [1.165, 1.54) is 26.0 Å². The molecule has 1 aromatic carbocycles. The Morgan fingerprint density at radius 3 is 2.48 bits per heavy atom. The van der Waals surface area contributed by atoms with Crippen LogP contribution in [0, 0.1) is 6.92 Å². The summed E-state index contributed by atoms with van der Waals surface area (Å²) in [7, 11) is 2.71. The predicted molar refractivity (Wildman–Crippen MR) is 81.4 cm³/mol. The molecule has 0 aliphatic heterocycles. The quantitative estimate of drug-likeness (QED) is 0.778. The van der Waals surface area contributed by atoms with Gasteiger partial charge in [-0.25, -0.2) is 0 Å². The van der Waals surface area contributed by atoms with Crippen LogP contribution < -0.4 is 0 Å². The standard InChI is InChI=1S/C15H20O5S/c1-10-6-11(4-5-13(16)19-2)7-12(15(10)18)8-21-9-14(17)20-3/h6-7,18H,4-5,8-9H2,1-3H3. The van der Waals surface area contributed by atoms with Gasteiger partial charge in [-0.1, -0.05) is 12.1 Å². The molecule has 0 radical (unpaired) electrons. The van der Waals surface area contributed by atoms with Crippen LogP contribution in [-0.2, 0) is 31.2 Å². The lowest BCUT2D eigenvalue weighted by Gasteiger charge is -2.10. The molecular weight excluding hydrogens is 292 g/mol. The molecule has 0 aliphatic rings. The summed E-state index contributed by atoms with van der Waals surface area (Å²) in [5.41, 5.74) is 2.47. The minimum Gasteiger partial charge on any atom is -0.507 e. The number of aromatic hydroxyl groups is 1. The van der Waals surface area contributed by atoms with E-state index in [1.54, 1.807) is 0 Å². The van der Waals surface area contributed by atoms with Gasteiger partial charge < -0.3 is 14.6 Å². The van der Waals surface area contributed by atoms with Crippen LogP contribution in [0.4, 0.5) is 0 Å². The molecule has 0 heterocycles. The first-order chi connectivity index (χ1) is 9.97. The first kappa shape index (κ1) is 17.4. The number of methoxy groups -OCH3 is 2. The molecule has 0 spiro atoms. The number of phenols is 1. The maximum Gasteiger partial charge on any atom is 0.315 e. The van der Waals surface area contributed by atoms with Gasteiger partial charge in [-0.15, -0.1) is 11.8 Å². The Hall–Kier alpha value is -1.69. The molecular formula is C15H20O5S. The van der Waals surface area contributed by atoms with Crippen molar-refractivity contribution in [2.75, 3.05) is 20.0 Å². The first-order valence-corrected chi connectivity index (χ1v) is 7.66. The number of ether oxygens (including phenoxy) is 2. The number of benzene rings is 1. The van der Waals surface area contributed by atoms with Crippen LogP contribution in [0.1, 0.15) is 23.1 Å². The highest BCUT2D eigenvalue weighted by Gasteiger charge is 2.10. The number of thioether (sulfide) groups is 1. The van der Waals surface area contributed by atoms with Gasteiger partial charge in [0.1, 0.15) is 5.75 Å². The largest absolute Gasteiger partial charge is 0.507 e. The van der Waals surface area contributed by atoms with E-state index >= 15 is 0 Å². The first-order valence-electron chi connectivity index (χ1n) is 6.50. The van der Waals surface area contributed by atoms with E-state index in [-0.39, 0.29) is 23.4 Å². The van der Waals surface area contributed by atoms with Crippen LogP contribution in [0.15, 0.2) is 12.1 Å². The molecule has 21 heavy (non-hydrogen) atoms. The van der Waals surface area contributed by atoms with Crippen molar-refractivity contribution >= 4 is 23.7 Å². The third-order valence-electron chi connectivity index (χ3n) is 2.99. The van der Waals surface area contributed by atoms with Gasteiger partial charge in [-0.2, -0.15) is 0 Å². The fraction of sp³-hybridized carbons (Fsp3) is 0.467. The lowest BCUT2D eigenvalue weighted by atomic mass is 10.0. The number of hydrogen-bond acceptors (Lipinski definition) is 6. The van der Waals surface area contributed by atoms with E-state index in [1.807, 2.05) is 19.1 Å². The zero-order chi connectivity index (χ0) is 15.8. The van der Waals surface area contributed by atoms with Gasteiger partial charge in [-0.3, -0.25) is 9.59 Å². The fourth-order valence-electron chi connectivity index (χ4n) is 1.84. The normalized spacial score (nSPS) is 10.2. The molecule has 0 unspecified atom stereocenters. The Bertz CT molecular complexity index is 513. The molecule has 1 N–H and O–H groups in total. The zero-order valence-corrected chi connectivity index (χ0v) is 13.3. The molecule has 0 saturated heterocycles. The van der Waals surface area contributed by atoms with Crippen molar-refractivity contribution in [3.63, 3.8) is 0 Å². The van der Waals surface area contributed by atoms with Gasteiger partial charge in [0, 0.05) is 17.7 Å². The van der Waals surface area contributed by atoms with Crippen molar-refractivity contribution in [1.29, 1.82) is 0 Å². The summed E-state index contributed by atoms with van der Waals surface area (Å²) >= 11 is 1.37. The van der Waals surface area contributed by atoms with Gasteiger partial charge in [0.2, 0.25) is 0 Å². The van der Waals surface area contributed by atoms with Crippen molar-refractivity contribution in [2.45, 2.75) is 25.5 Å². The second kappa shape index (κ2) is 8.56. The molecule has 0 aliphatic carbocycles. The number of carbonyl (C=O) groups is 2. The molecule has 0 atom stereocenters. The van der Waals surface area contributed by atoms with E-state index < -0.39 is 0 Å². The Labute approximate surface area is 128 Å². The summed E-state index contributed by atoms with van der Waals surface area (Å²) in [6.45, 7) is 1.81. The van der Waals surface area contributed by atoms with Crippen molar-refractivity contribution in [3.8, 4) is 5.75 Å². The molecule has 5 nitrogen and oxygen atoms in total. The molecule has 1 aromatic rings. The number of rotatable bonds is 7. The highest BCUT2D eigenvalue weighted by molar-refractivity contribution is 7.99. The Morgan fingerprint density at radius 2 is 1.86 bits per heavy atom. The average Bonchev–Trinajstić information content (AvgIpc) is 2.48. The molecule has 116 valence electrons. The summed E-state index contributed by atoms with van der Waals surface area (Å²) in [4.78, 5) is 22.2. The number of aryl methyl sites for hydroxylation is 2. The van der Waals surface area contributed by atoms with E-state index in [2.05, 4.69) is 9.47 Å². The highest BCUT2D eigenvalue weighted by atomic mass is 32.2. The van der Waals surface area contributed by atoms with Crippen molar-refractivity contribution in [3.05, 3.63) is 28.8 Å². The molecule has 0 bridgehead atoms. The Kier molecular flexibility index (Phi) is 7.08. The molecule has 0 aromatic heterocycles. The number of phenolic OH excluding ortho intramolecular Hbond substituents is 1. The van der Waals surface area contributed by atoms with Gasteiger partial charge in [0.15, 0.2) is 0 Å². The van der Waals surface area contributed by atoms with Gasteiger partial charge in [-0.05, 0) is 24.5 Å². The smallest absolute Gasteiger partial charge is 0.315 e. The number of carbonyl (C=O) groups excluding carboxylic acids is 2.